The van der Waals surface area contributed by atoms with Crippen LogP contribution in [0.5, 0.6) is 0 Å². The van der Waals surface area contributed by atoms with Crippen molar-refractivity contribution in [1.82, 2.24) is 5.43 Å². The number of hydrogen-bond acceptors (Lipinski definition) is 3. The van der Waals surface area contributed by atoms with Gasteiger partial charge in [-0.3, -0.25) is 4.79 Å². The van der Waals surface area contributed by atoms with E-state index in [-0.39, 0.29) is 12.5 Å². The van der Waals surface area contributed by atoms with Gasteiger partial charge in [0.2, 0.25) is 0 Å². The summed E-state index contributed by atoms with van der Waals surface area (Å²) in [6.45, 7) is 0.118. The molecular formula is C15H12BrCl2N3O. The molecule has 0 saturated carbocycles. The number of rotatable bonds is 5. The third-order valence-electron chi connectivity index (χ3n) is 2.65. The largest absolute Gasteiger partial charge is 0.376 e. The summed E-state index contributed by atoms with van der Waals surface area (Å²) in [5, 5.41) is 7.86. The van der Waals surface area contributed by atoms with E-state index in [9.17, 15) is 4.79 Å². The summed E-state index contributed by atoms with van der Waals surface area (Å²) < 4.78 is 0.979. The Morgan fingerprint density at radius 2 is 1.91 bits per heavy atom. The molecule has 2 aromatic carbocycles. The molecule has 2 rings (SSSR count). The molecule has 0 atom stereocenters. The minimum atomic E-state index is -0.260. The molecule has 114 valence electrons. The first-order valence-corrected chi connectivity index (χ1v) is 7.86. The number of hydrazone groups is 1. The SMILES string of the molecule is O=C(CNc1ccc(Br)cc1)NN=Cc1ccc(Cl)cc1Cl. The number of halogens is 3. The van der Waals surface area contributed by atoms with Crippen molar-refractivity contribution in [3.63, 3.8) is 0 Å². The molecule has 0 heterocycles. The van der Waals surface area contributed by atoms with Gasteiger partial charge in [-0.05, 0) is 36.4 Å². The fourth-order valence-corrected chi connectivity index (χ4v) is 2.29. The van der Waals surface area contributed by atoms with Gasteiger partial charge in [-0.25, -0.2) is 5.43 Å². The maximum atomic E-state index is 11.7. The van der Waals surface area contributed by atoms with Crippen molar-refractivity contribution in [1.29, 1.82) is 0 Å². The number of nitrogens with one attached hydrogen (secondary N) is 2. The van der Waals surface area contributed by atoms with Gasteiger partial charge in [-0.1, -0.05) is 45.2 Å². The predicted octanol–water partition coefficient (Wildman–Crippen LogP) is 4.32. The molecule has 22 heavy (non-hydrogen) atoms. The van der Waals surface area contributed by atoms with Crippen LogP contribution in [0.1, 0.15) is 5.56 Å². The van der Waals surface area contributed by atoms with Crippen LogP contribution in [0.25, 0.3) is 0 Å². The summed E-state index contributed by atoms with van der Waals surface area (Å²) in [5.74, 6) is -0.260. The zero-order valence-corrected chi connectivity index (χ0v) is 14.4. The van der Waals surface area contributed by atoms with Crippen LogP contribution in [0.2, 0.25) is 10.0 Å². The molecule has 0 bridgehead atoms. The predicted molar refractivity (Wildman–Crippen MR) is 94.8 cm³/mol. The van der Waals surface area contributed by atoms with Gasteiger partial charge in [-0.15, -0.1) is 0 Å². The Kier molecular flexibility index (Phi) is 6.24. The number of carbonyl (C=O) groups excluding carboxylic acids is 1. The van der Waals surface area contributed by atoms with E-state index in [1.54, 1.807) is 18.2 Å². The maximum absolute atomic E-state index is 11.7. The minimum Gasteiger partial charge on any atom is -0.376 e. The van der Waals surface area contributed by atoms with Crippen molar-refractivity contribution < 1.29 is 4.79 Å². The quantitative estimate of drug-likeness (QED) is 0.580. The summed E-state index contributed by atoms with van der Waals surface area (Å²) in [6, 6.07) is 12.6. The molecule has 1 amide bonds. The highest BCUT2D eigenvalue weighted by molar-refractivity contribution is 9.10. The summed E-state index contributed by atoms with van der Waals surface area (Å²) in [5.41, 5.74) is 3.95. The van der Waals surface area contributed by atoms with Crippen molar-refractivity contribution in [3.05, 3.63) is 62.5 Å². The molecule has 4 nitrogen and oxygen atoms in total. The smallest absolute Gasteiger partial charge is 0.259 e. The van der Waals surface area contributed by atoms with Crippen LogP contribution in [-0.4, -0.2) is 18.7 Å². The van der Waals surface area contributed by atoms with Gasteiger partial charge in [0.25, 0.3) is 5.91 Å². The first-order chi connectivity index (χ1) is 10.5. The molecular weight excluding hydrogens is 389 g/mol. The minimum absolute atomic E-state index is 0.118. The van der Waals surface area contributed by atoms with E-state index in [0.29, 0.717) is 15.6 Å². The second-order valence-corrected chi connectivity index (χ2v) is 6.08. The van der Waals surface area contributed by atoms with Gasteiger partial charge >= 0.3 is 0 Å². The molecule has 0 radical (unpaired) electrons. The van der Waals surface area contributed by atoms with E-state index in [1.807, 2.05) is 24.3 Å². The highest BCUT2D eigenvalue weighted by Crippen LogP contribution is 2.19. The van der Waals surface area contributed by atoms with Crippen molar-refractivity contribution in [3.8, 4) is 0 Å². The molecule has 2 aromatic rings. The lowest BCUT2D eigenvalue weighted by Crippen LogP contribution is -2.25. The molecule has 0 spiro atoms. The van der Waals surface area contributed by atoms with Gasteiger partial charge in [0, 0.05) is 20.7 Å². The molecule has 0 unspecified atom stereocenters. The number of carbonyl (C=O) groups is 1. The lowest BCUT2D eigenvalue weighted by atomic mass is 10.2. The first kappa shape index (κ1) is 16.8. The maximum Gasteiger partial charge on any atom is 0.259 e. The Hall–Kier alpha value is -1.56. The number of nitrogens with zero attached hydrogens (tertiary/aromatic N) is 1. The fraction of sp³-hybridized carbons (Fsp3) is 0.0667. The number of benzene rings is 2. The molecule has 2 N–H and O–H groups in total. The average molecular weight is 401 g/mol. The Balaban J connectivity index is 1.82. The van der Waals surface area contributed by atoms with E-state index in [2.05, 4.69) is 31.8 Å². The molecule has 0 aliphatic heterocycles. The molecule has 0 aromatic heterocycles. The second-order valence-electron chi connectivity index (χ2n) is 4.32. The van der Waals surface area contributed by atoms with Crippen LogP contribution >= 0.6 is 39.1 Å². The van der Waals surface area contributed by atoms with Gasteiger partial charge in [0.1, 0.15) is 0 Å². The topological polar surface area (TPSA) is 53.5 Å². The molecule has 0 aliphatic carbocycles. The van der Waals surface area contributed by atoms with E-state index in [4.69, 9.17) is 23.2 Å². The average Bonchev–Trinajstić information content (AvgIpc) is 2.49. The van der Waals surface area contributed by atoms with Crippen molar-refractivity contribution in [2.45, 2.75) is 0 Å². The third-order valence-corrected chi connectivity index (χ3v) is 3.74. The van der Waals surface area contributed by atoms with Crippen LogP contribution in [-0.2, 0) is 4.79 Å². The van der Waals surface area contributed by atoms with E-state index < -0.39 is 0 Å². The lowest BCUT2D eigenvalue weighted by Gasteiger charge is -2.05. The monoisotopic (exact) mass is 399 g/mol. The number of amides is 1. The Morgan fingerprint density at radius 3 is 2.59 bits per heavy atom. The Labute approximate surface area is 146 Å². The Bertz CT molecular complexity index is 690. The van der Waals surface area contributed by atoms with Crippen LogP contribution in [0.3, 0.4) is 0 Å². The first-order valence-electron chi connectivity index (χ1n) is 6.31. The highest BCUT2D eigenvalue weighted by Gasteiger charge is 2.01. The normalized spacial score (nSPS) is 10.7. The second kappa shape index (κ2) is 8.17. The number of hydrogen-bond donors (Lipinski definition) is 2. The van der Waals surface area contributed by atoms with Crippen LogP contribution in [0.15, 0.2) is 52.0 Å². The van der Waals surface area contributed by atoms with Gasteiger partial charge in [0.15, 0.2) is 0 Å². The number of anilines is 1. The molecule has 0 fully saturated rings. The highest BCUT2D eigenvalue weighted by atomic mass is 79.9. The summed E-state index contributed by atoms with van der Waals surface area (Å²) in [4.78, 5) is 11.7. The van der Waals surface area contributed by atoms with E-state index in [1.165, 1.54) is 6.21 Å². The van der Waals surface area contributed by atoms with Crippen molar-refractivity contribution in [2.24, 2.45) is 5.10 Å². The van der Waals surface area contributed by atoms with Crippen LogP contribution < -0.4 is 10.7 Å². The standard InChI is InChI=1S/C15H12BrCl2N3O/c16-11-2-5-13(6-3-11)19-9-15(22)21-20-8-10-1-4-12(17)7-14(10)18/h1-8,19H,9H2,(H,21,22). The fourth-order valence-electron chi connectivity index (χ4n) is 1.57. The van der Waals surface area contributed by atoms with Gasteiger partial charge < -0.3 is 5.32 Å². The zero-order valence-electron chi connectivity index (χ0n) is 11.3. The summed E-state index contributed by atoms with van der Waals surface area (Å²) in [6.07, 6.45) is 1.47. The van der Waals surface area contributed by atoms with E-state index in [0.717, 1.165) is 10.2 Å². The van der Waals surface area contributed by atoms with Gasteiger partial charge in [-0.2, -0.15) is 5.10 Å². The Morgan fingerprint density at radius 1 is 1.18 bits per heavy atom. The zero-order chi connectivity index (χ0) is 15.9. The lowest BCUT2D eigenvalue weighted by molar-refractivity contribution is -0.119. The molecule has 7 heteroatoms. The molecule has 0 saturated heterocycles. The van der Waals surface area contributed by atoms with Crippen molar-refractivity contribution in [2.75, 3.05) is 11.9 Å². The van der Waals surface area contributed by atoms with E-state index >= 15 is 0 Å². The van der Waals surface area contributed by atoms with Crippen LogP contribution in [0.4, 0.5) is 5.69 Å². The third kappa shape index (κ3) is 5.33. The van der Waals surface area contributed by atoms with Crippen LogP contribution in [0, 0.1) is 0 Å². The molecule has 0 aliphatic rings. The summed E-state index contributed by atoms with van der Waals surface area (Å²) >= 11 is 15.1. The van der Waals surface area contributed by atoms with Crippen molar-refractivity contribution >= 4 is 56.9 Å². The summed E-state index contributed by atoms with van der Waals surface area (Å²) in [7, 11) is 0. The van der Waals surface area contributed by atoms with Gasteiger partial charge in [0.05, 0.1) is 17.8 Å².